The molecule has 0 aromatic carbocycles. The van der Waals surface area contributed by atoms with Gasteiger partial charge in [0.1, 0.15) is 0 Å². The fourth-order valence-corrected chi connectivity index (χ4v) is 1.92. The molecule has 1 unspecified atom stereocenters. The average molecular weight is 177 g/mol. The summed E-state index contributed by atoms with van der Waals surface area (Å²) in [6.07, 6.45) is 3.98. The van der Waals surface area contributed by atoms with Crippen LogP contribution >= 0.6 is 8.03 Å². The molecule has 0 aromatic rings. The van der Waals surface area contributed by atoms with Crippen LogP contribution in [0.2, 0.25) is 0 Å². The first-order valence-electron chi connectivity index (χ1n) is 4.23. The largest absolute Gasteiger partial charge is 0.346 e. The van der Waals surface area contributed by atoms with Gasteiger partial charge in [0.2, 0.25) is 0 Å². The highest BCUT2D eigenvalue weighted by Gasteiger charge is 2.10. The molecule has 0 radical (unpaired) electrons. The second-order valence-corrected chi connectivity index (χ2v) is 4.33. The molecule has 3 nitrogen and oxygen atoms in total. The van der Waals surface area contributed by atoms with Gasteiger partial charge in [0.25, 0.3) is 0 Å². The number of hydrogen-bond donors (Lipinski definition) is 1. The van der Waals surface area contributed by atoms with Gasteiger partial charge in [-0.05, 0) is 38.9 Å². The van der Waals surface area contributed by atoms with Crippen LogP contribution in [0.5, 0.6) is 0 Å². The topological polar surface area (TPSA) is 40.5 Å². The van der Waals surface area contributed by atoms with Crippen LogP contribution in [0.1, 0.15) is 19.3 Å². The molecule has 4 heteroatoms. The lowest BCUT2D eigenvalue weighted by Gasteiger charge is -2.12. The predicted molar refractivity (Wildman–Crippen MR) is 46.4 cm³/mol. The van der Waals surface area contributed by atoms with Crippen molar-refractivity contribution in [1.29, 1.82) is 0 Å². The highest BCUT2D eigenvalue weighted by molar-refractivity contribution is 7.37. The second-order valence-electron chi connectivity index (χ2n) is 3.05. The molecule has 0 saturated carbocycles. The second kappa shape index (κ2) is 4.91. The minimum Gasteiger partial charge on any atom is -0.346 e. The molecule has 0 aromatic heterocycles. The standard InChI is InChI=1S/C7H16NO2P/c9-11(10)7-3-6-8-4-1-2-5-8/h11H,1-7H2,(H,9,10). The zero-order valence-corrected chi connectivity index (χ0v) is 7.75. The van der Waals surface area contributed by atoms with Crippen LogP contribution in [0, 0.1) is 0 Å². The summed E-state index contributed by atoms with van der Waals surface area (Å²) >= 11 is 0. The Morgan fingerprint density at radius 1 is 1.36 bits per heavy atom. The van der Waals surface area contributed by atoms with Crippen LogP contribution in [-0.4, -0.2) is 35.6 Å². The van der Waals surface area contributed by atoms with Gasteiger partial charge in [-0.2, -0.15) is 0 Å². The molecule has 1 saturated heterocycles. The molecule has 1 N–H and O–H groups in total. The van der Waals surface area contributed by atoms with Crippen LogP contribution < -0.4 is 0 Å². The van der Waals surface area contributed by atoms with Crippen molar-refractivity contribution in [1.82, 2.24) is 4.90 Å². The first kappa shape index (κ1) is 9.24. The maximum Gasteiger partial charge on any atom is 0.189 e. The van der Waals surface area contributed by atoms with Crippen LogP contribution in [0.15, 0.2) is 0 Å². The van der Waals surface area contributed by atoms with E-state index in [1.807, 2.05) is 0 Å². The Balaban J connectivity index is 1.98. The van der Waals surface area contributed by atoms with E-state index < -0.39 is 8.03 Å². The Labute approximate surface area is 68.3 Å². The molecule has 66 valence electrons. The molecular formula is C7H16NO2P. The van der Waals surface area contributed by atoms with Crippen molar-refractivity contribution >= 4 is 8.03 Å². The summed E-state index contributed by atoms with van der Waals surface area (Å²) in [6, 6.07) is 0. The van der Waals surface area contributed by atoms with E-state index in [-0.39, 0.29) is 0 Å². The minimum atomic E-state index is -2.20. The summed E-state index contributed by atoms with van der Waals surface area (Å²) in [5.74, 6) is 0. The predicted octanol–water partition coefficient (Wildman–Crippen LogP) is 0.939. The van der Waals surface area contributed by atoms with Crippen molar-refractivity contribution in [2.45, 2.75) is 19.3 Å². The van der Waals surface area contributed by atoms with Crippen molar-refractivity contribution in [3.8, 4) is 0 Å². The summed E-state index contributed by atoms with van der Waals surface area (Å²) in [5.41, 5.74) is 0. The molecule has 1 atom stereocenters. The monoisotopic (exact) mass is 177 g/mol. The highest BCUT2D eigenvalue weighted by atomic mass is 31.1. The van der Waals surface area contributed by atoms with E-state index in [1.54, 1.807) is 0 Å². The molecule has 1 aliphatic heterocycles. The van der Waals surface area contributed by atoms with Crippen LogP contribution in [-0.2, 0) is 4.57 Å². The van der Waals surface area contributed by atoms with Gasteiger partial charge < -0.3 is 9.79 Å². The molecular weight excluding hydrogens is 161 g/mol. The lowest BCUT2D eigenvalue weighted by atomic mass is 10.4. The van der Waals surface area contributed by atoms with Gasteiger partial charge in [-0.15, -0.1) is 0 Å². The molecule has 1 aliphatic rings. The maximum atomic E-state index is 10.3. The van der Waals surface area contributed by atoms with E-state index in [0.29, 0.717) is 6.16 Å². The fraction of sp³-hybridized carbons (Fsp3) is 1.00. The van der Waals surface area contributed by atoms with Gasteiger partial charge in [-0.25, -0.2) is 0 Å². The molecule has 0 spiro atoms. The Morgan fingerprint density at radius 3 is 2.55 bits per heavy atom. The van der Waals surface area contributed by atoms with Crippen LogP contribution in [0.25, 0.3) is 0 Å². The van der Waals surface area contributed by atoms with Gasteiger partial charge in [0.05, 0.1) is 0 Å². The zero-order valence-electron chi connectivity index (χ0n) is 6.75. The summed E-state index contributed by atoms with van der Waals surface area (Å²) in [6.45, 7) is 3.38. The summed E-state index contributed by atoms with van der Waals surface area (Å²) in [7, 11) is -2.20. The van der Waals surface area contributed by atoms with Crippen LogP contribution in [0.4, 0.5) is 0 Å². The Bertz CT molecular complexity index is 134. The zero-order chi connectivity index (χ0) is 8.10. The lowest BCUT2D eigenvalue weighted by Crippen LogP contribution is -2.20. The maximum absolute atomic E-state index is 10.3. The van der Waals surface area contributed by atoms with E-state index in [1.165, 1.54) is 25.9 Å². The molecule has 1 heterocycles. The van der Waals surface area contributed by atoms with Gasteiger partial charge >= 0.3 is 0 Å². The summed E-state index contributed by atoms with van der Waals surface area (Å²) in [5, 5.41) is 0. The number of likely N-dealkylation sites (tertiary alicyclic amines) is 1. The number of hydrogen-bond acceptors (Lipinski definition) is 2. The molecule has 0 aliphatic carbocycles. The Hall–Kier alpha value is 0.150. The van der Waals surface area contributed by atoms with Gasteiger partial charge in [0.15, 0.2) is 8.03 Å². The Morgan fingerprint density at radius 2 is 2.00 bits per heavy atom. The molecule has 0 bridgehead atoms. The SMILES string of the molecule is O=[PH](O)CCCN1CCCC1. The number of rotatable bonds is 4. The quantitative estimate of drug-likeness (QED) is 0.649. The smallest absolute Gasteiger partial charge is 0.189 e. The van der Waals surface area contributed by atoms with E-state index in [0.717, 1.165) is 13.0 Å². The van der Waals surface area contributed by atoms with Crippen molar-refractivity contribution in [3.63, 3.8) is 0 Å². The molecule has 1 rings (SSSR count). The van der Waals surface area contributed by atoms with Crippen molar-refractivity contribution in [3.05, 3.63) is 0 Å². The van der Waals surface area contributed by atoms with Crippen LogP contribution in [0.3, 0.4) is 0 Å². The third kappa shape index (κ3) is 3.90. The van der Waals surface area contributed by atoms with Crippen molar-refractivity contribution < 1.29 is 9.46 Å². The van der Waals surface area contributed by atoms with Crippen molar-refractivity contribution in [2.75, 3.05) is 25.8 Å². The van der Waals surface area contributed by atoms with E-state index in [2.05, 4.69) is 4.90 Å². The summed E-state index contributed by atoms with van der Waals surface area (Å²) < 4.78 is 10.3. The van der Waals surface area contributed by atoms with Gasteiger partial charge in [0, 0.05) is 6.16 Å². The lowest BCUT2D eigenvalue weighted by molar-refractivity contribution is 0.339. The minimum absolute atomic E-state index is 0.501. The van der Waals surface area contributed by atoms with Gasteiger partial charge in [-0.1, -0.05) is 0 Å². The molecule has 1 fully saturated rings. The molecule has 11 heavy (non-hydrogen) atoms. The Kier molecular flexibility index (Phi) is 4.13. The first-order valence-corrected chi connectivity index (χ1v) is 5.79. The first-order chi connectivity index (χ1) is 5.29. The molecule has 0 amide bonds. The van der Waals surface area contributed by atoms with E-state index in [4.69, 9.17) is 4.89 Å². The highest BCUT2D eigenvalue weighted by Crippen LogP contribution is 2.15. The summed E-state index contributed by atoms with van der Waals surface area (Å²) in [4.78, 5) is 10.9. The van der Waals surface area contributed by atoms with Crippen molar-refractivity contribution in [2.24, 2.45) is 0 Å². The fourth-order valence-electron chi connectivity index (χ4n) is 1.46. The normalized spacial score (nSPS) is 22.3. The van der Waals surface area contributed by atoms with E-state index >= 15 is 0 Å². The van der Waals surface area contributed by atoms with E-state index in [9.17, 15) is 4.57 Å². The van der Waals surface area contributed by atoms with Gasteiger partial charge in [-0.3, -0.25) is 4.57 Å². The number of nitrogens with zero attached hydrogens (tertiary/aromatic N) is 1. The third-order valence-corrected chi connectivity index (χ3v) is 2.84. The average Bonchev–Trinajstić information content (AvgIpc) is 2.39. The third-order valence-electron chi connectivity index (χ3n) is 2.06.